The Hall–Kier alpha value is -2.82. The van der Waals surface area contributed by atoms with E-state index in [-0.39, 0.29) is 11.6 Å². The molecular formula is C16H19N7O2S. The van der Waals surface area contributed by atoms with Crippen molar-refractivity contribution >= 4 is 44.9 Å². The Kier molecular flexibility index (Phi) is 5.56. The highest BCUT2D eigenvalue weighted by Gasteiger charge is 2.13. The molecule has 0 aliphatic heterocycles. The van der Waals surface area contributed by atoms with Crippen LogP contribution in [0.4, 0.5) is 17.5 Å². The topological polar surface area (TPSA) is 141 Å². The summed E-state index contributed by atoms with van der Waals surface area (Å²) in [5, 5.41) is 6.12. The van der Waals surface area contributed by atoms with Gasteiger partial charge in [-0.1, -0.05) is 0 Å². The second-order valence-electron chi connectivity index (χ2n) is 5.58. The number of hydrogen-bond donors (Lipinski definition) is 4. The molecule has 3 rings (SSSR count). The maximum atomic E-state index is 11.7. The number of ether oxygens (including phenoxy) is 1. The van der Waals surface area contributed by atoms with Gasteiger partial charge in [0.05, 0.1) is 22.3 Å². The quantitative estimate of drug-likeness (QED) is 0.463. The van der Waals surface area contributed by atoms with Crippen molar-refractivity contribution in [3.05, 3.63) is 35.5 Å². The fraction of sp³-hybridized carbons (Fsp3) is 0.250. The zero-order valence-corrected chi connectivity index (χ0v) is 14.9. The molecule has 0 saturated carbocycles. The van der Waals surface area contributed by atoms with Crippen LogP contribution in [0.5, 0.6) is 0 Å². The van der Waals surface area contributed by atoms with E-state index in [2.05, 4.69) is 25.6 Å². The van der Waals surface area contributed by atoms with Crippen LogP contribution in [0.15, 0.2) is 29.9 Å². The molecular weight excluding hydrogens is 354 g/mol. The molecule has 6 N–H and O–H groups in total. The number of nitrogens with zero attached hydrogens (tertiary/aromatic N) is 3. The van der Waals surface area contributed by atoms with Gasteiger partial charge in [-0.15, -0.1) is 11.3 Å². The number of anilines is 3. The normalized spacial score (nSPS) is 12.1. The van der Waals surface area contributed by atoms with Crippen molar-refractivity contribution in [2.45, 2.75) is 6.04 Å². The zero-order valence-electron chi connectivity index (χ0n) is 14.1. The molecule has 136 valence electrons. The summed E-state index contributed by atoms with van der Waals surface area (Å²) in [4.78, 5) is 24.4. The van der Waals surface area contributed by atoms with E-state index in [1.807, 2.05) is 18.2 Å². The lowest BCUT2D eigenvalue weighted by molar-refractivity contribution is 0.100. The number of nitrogens with two attached hydrogens (primary N) is 2. The third-order valence-electron chi connectivity index (χ3n) is 3.55. The minimum atomic E-state index is -0.620. The van der Waals surface area contributed by atoms with E-state index in [0.29, 0.717) is 24.9 Å². The minimum Gasteiger partial charge on any atom is -0.383 e. The highest BCUT2D eigenvalue weighted by atomic mass is 32.1. The minimum absolute atomic E-state index is 0.190. The highest BCUT2D eigenvalue weighted by molar-refractivity contribution is 7.16. The fourth-order valence-electron chi connectivity index (χ4n) is 2.31. The number of aromatic nitrogens is 3. The third kappa shape index (κ3) is 4.23. The van der Waals surface area contributed by atoms with Gasteiger partial charge in [0, 0.05) is 31.6 Å². The maximum absolute atomic E-state index is 11.7. The van der Waals surface area contributed by atoms with Crippen LogP contribution in [0.2, 0.25) is 0 Å². The van der Waals surface area contributed by atoms with Crippen LogP contribution in [0.1, 0.15) is 10.4 Å². The first-order valence-electron chi connectivity index (χ1n) is 7.82. The van der Waals surface area contributed by atoms with Gasteiger partial charge in [-0.25, -0.2) is 9.97 Å². The van der Waals surface area contributed by atoms with Crippen molar-refractivity contribution in [1.82, 2.24) is 15.0 Å². The Labute approximate surface area is 153 Å². The van der Waals surface area contributed by atoms with Crippen molar-refractivity contribution < 1.29 is 9.53 Å². The third-order valence-corrected chi connectivity index (χ3v) is 4.36. The number of thiazole rings is 1. The number of amides is 1. The van der Waals surface area contributed by atoms with Gasteiger partial charge >= 0.3 is 0 Å². The van der Waals surface area contributed by atoms with Crippen LogP contribution in [-0.4, -0.2) is 47.2 Å². The number of methoxy groups -OCH3 is 1. The van der Waals surface area contributed by atoms with Gasteiger partial charge in [0.25, 0.3) is 5.91 Å². The second kappa shape index (κ2) is 8.04. The number of nitrogens with one attached hydrogen (secondary N) is 2. The number of fused-ring (bicyclic) bond motifs is 1. The van der Waals surface area contributed by atoms with E-state index in [1.165, 1.54) is 6.20 Å². The van der Waals surface area contributed by atoms with Crippen molar-refractivity contribution in [2.24, 2.45) is 11.5 Å². The second-order valence-corrected chi connectivity index (χ2v) is 6.46. The Bertz CT molecular complexity index is 915. The van der Waals surface area contributed by atoms with E-state index in [1.54, 1.807) is 24.0 Å². The Morgan fingerprint density at radius 1 is 1.38 bits per heavy atom. The summed E-state index contributed by atoms with van der Waals surface area (Å²) in [5.41, 5.74) is 14.9. The maximum Gasteiger partial charge on any atom is 0.254 e. The van der Waals surface area contributed by atoms with Crippen LogP contribution >= 0.6 is 11.3 Å². The predicted molar refractivity (Wildman–Crippen MR) is 102 cm³/mol. The average molecular weight is 373 g/mol. The number of carbonyl (C=O) groups excluding carboxylic acids is 1. The lowest BCUT2D eigenvalue weighted by Crippen LogP contribution is -2.33. The molecule has 0 saturated heterocycles. The van der Waals surface area contributed by atoms with Crippen molar-refractivity contribution in [3.63, 3.8) is 0 Å². The molecule has 2 heterocycles. The summed E-state index contributed by atoms with van der Waals surface area (Å²) in [6.45, 7) is 0.832. The van der Waals surface area contributed by atoms with E-state index in [9.17, 15) is 4.79 Å². The molecule has 2 aromatic heterocycles. The monoisotopic (exact) mass is 373 g/mol. The Morgan fingerprint density at radius 3 is 3.00 bits per heavy atom. The summed E-state index contributed by atoms with van der Waals surface area (Å²) < 4.78 is 6.06. The molecule has 1 amide bonds. The van der Waals surface area contributed by atoms with Gasteiger partial charge in [-0.05, 0) is 18.2 Å². The molecule has 1 aromatic carbocycles. The standard InChI is InChI=1S/C16H19N7O2S/c1-25-7-9(17)5-19-16-20-6-11(14(18)24)15(23-16)22-10-2-3-13-12(4-10)21-8-26-13/h2-4,6,8-9H,5,7,17H2,1H3,(H2,18,24)(H2,19,20,22,23). The van der Waals surface area contributed by atoms with E-state index < -0.39 is 5.91 Å². The van der Waals surface area contributed by atoms with Gasteiger partial charge in [0.1, 0.15) is 11.4 Å². The van der Waals surface area contributed by atoms with E-state index in [4.69, 9.17) is 16.2 Å². The number of rotatable bonds is 8. The molecule has 0 aliphatic rings. The molecule has 9 nitrogen and oxygen atoms in total. The summed E-state index contributed by atoms with van der Waals surface area (Å²) in [5.74, 6) is 0.0218. The summed E-state index contributed by atoms with van der Waals surface area (Å²) in [6.07, 6.45) is 1.38. The molecule has 1 unspecified atom stereocenters. The summed E-state index contributed by atoms with van der Waals surface area (Å²) >= 11 is 1.56. The first-order chi connectivity index (χ1) is 12.6. The average Bonchev–Trinajstić information content (AvgIpc) is 3.08. The predicted octanol–water partition coefficient (Wildman–Crippen LogP) is 1.31. The smallest absolute Gasteiger partial charge is 0.254 e. The Morgan fingerprint density at radius 2 is 2.23 bits per heavy atom. The lowest BCUT2D eigenvalue weighted by atomic mass is 10.2. The largest absolute Gasteiger partial charge is 0.383 e. The number of benzene rings is 1. The van der Waals surface area contributed by atoms with Crippen molar-refractivity contribution in [3.8, 4) is 0 Å². The van der Waals surface area contributed by atoms with Gasteiger partial charge in [0.2, 0.25) is 5.95 Å². The molecule has 0 radical (unpaired) electrons. The van der Waals surface area contributed by atoms with Gasteiger partial charge in [-0.3, -0.25) is 4.79 Å². The number of hydrogen-bond acceptors (Lipinski definition) is 9. The molecule has 0 fully saturated rings. The summed E-state index contributed by atoms with van der Waals surface area (Å²) in [7, 11) is 1.58. The van der Waals surface area contributed by atoms with Crippen molar-refractivity contribution in [1.29, 1.82) is 0 Å². The van der Waals surface area contributed by atoms with Gasteiger partial charge in [-0.2, -0.15) is 4.98 Å². The van der Waals surface area contributed by atoms with Crippen LogP contribution < -0.4 is 22.1 Å². The molecule has 0 bridgehead atoms. The molecule has 0 spiro atoms. The fourth-order valence-corrected chi connectivity index (χ4v) is 2.97. The lowest BCUT2D eigenvalue weighted by Gasteiger charge is -2.14. The zero-order chi connectivity index (χ0) is 18.5. The van der Waals surface area contributed by atoms with E-state index in [0.717, 1.165) is 15.9 Å². The SMILES string of the molecule is COCC(N)CNc1ncc(C(N)=O)c(Nc2ccc3scnc3c2)n1. The number of primary amides is 1. The van der Waals surface area contributed by atoms with Gasteiger partial charge in [0.15, 0.2) is 0 Å². The van der Waals surface area contributed by atoms with Crippen LogP contribution in [0.3, 0.4) is 0 Å². The van der Waals surface area contributed by atoms with Crippen LogP contribution in [0, 0.1) is 0 Å². The van der Waals surface area contributed by atoms with Crippen LogP contribution in [0.25, 0.3) is 10.2 Å². The first kappa shape index (κ1) is 18.0. The molecule has 10 heteroatoms. The molecule has 26 heavy (non-hydrogen) atoms. The highest BCUT2D eigenvalue weighted by Crippen LogP contribution is 2.25. The van der Waals surface area contributed by atoms with E-state index >= 15 is 0 Å². The first-order valence-corrected chi connectivity index (χ1v) is 8.70. The molecule has 1 atom stereocenters. The molecule has 0 aliphatic carbocycles. The van der Waals surface area contributed by atoms with Crippen LogP contribution in [-0.2, 0) is 4.74 Å². The van der Waals surface area contributed by atoms with Gasteiger partial charge < -0.3 is 26.8 Å². The number of carbonyl (C=O) groups is 1. The molecule has 3 aromatic rings. The van der Waals surface area contributed by atoms with Crippen molar-refractivity contribution in [2.75, 3.05) is 30.9 Å². The Balaban J connectivity index is 1.82. The summed E-state index contributed by atoms with van der Waals surface area (Å²) in [6, 6.07) is 5.50.